The van der Waals surface area contributed by atoms with Gasteiger partial charge in [0.15, 0.2) is 0 Å². The topological polar surface area (TPSA) is 3.24 Å². The van der Waals surface area contributed by atoms with Gasteiger partial charge in [0.25, 0.3) is 0 Å². The fourth-order valence-corrected chi connectivity index (χ4v) is 2.74. The minimum atomic E-state index is 0.898. The van der Waals surface area contributed by atoms with Crippen LogP contribution < -0.4 is 0 Å². The second-order valence-corrected chi connectivity index (χ2v) is 5.82. The lowest BCUT2D eigenvalue weighted by atomic mass is 9.88. The van der Waals surface area contributed by atoms with Crippen LogP contribution in [0.15, 0.2) is 0 Å². The van der Waals surface area contributed by atoms with Gasteiger partial charge in [-0.2, -0.15) is 0 Å². The molecule has 0 aromatic rings. The first-order valence-corrected chi connectivity index (χ1v) is 6.46. The SMILES string of the molecule is CC(C)CC1CCN(CC2CC2)CC1. The molecule has 0 aromatic heterocycles. The summed E-state index contributed by atoms with van der Waals surface area (Å²) in [7, 11) is 0. The Kier molecular flexibility index (Phi) is 3.48. The molecule has 1 heteroatoms. The summed E-state index contributed by atoms with van der Waals surface area (Å²) in [4.78, 5) is 2.70. The number of nitrogens with zero attached hydrogens (tertiary/aromatic N) is 1. The Hall–Kier alpha value is -0.0400. The highest BCUT2D eigenvalue weighted by Crippen LogP contribution is 2.32. The molecule has 0 N–H and O–H groups in total. The smallest absolute Gasteiger partial charge is 0.000966 e. The summed E-state index contributed by atoms with van der Waals surface area (Å²) in [6.45, 7) is 8.89. The van der Waals surface area contributed by atoms with E-state index in [2.05, 4.69) is 18.7 Å². The molecular weight excluding hydrogens is 170 g/mol. The van der Waals surface area contributed by atoms with Crippen molar-refractivity contribution in [1.29, 1.82) is 0 Å². The Bertz CT molecular complexity index is 152. The van der Waals surface area contributed by atoms with Crippen molar-refractivity contribution in [2.45, 2.75) is 46.0 Å². The van der Waals surface area contributed by atoms with E-state index in [1.807, 2.05) is 0 Å². The lowest BCUT2D eigenvalue weighted by Crippen LogP contribution is -2.35. The van der Waals surface area contributed by atoms with Crippen molar-refractivity contribution in [2.24, 2.45) is 17.8 Å². The molecule has 82 valence electrons. The van der Waals surface area contributed by atoms with E-state index in [1.165, 1.54) is 51.7 Å². The molecule has 0 radical (unpaired) electrons. The molecule has 1 aliphatic heterocycles. The standard InChI is InChI=1S/C13H25N/c1-11(2)9-12-5-7-14(8-6-12)10-13-3-4-13/h11-13H,3-10H2,1-2H3. The molecule has 0 spiro atoms. The van der Waals surface area contributed by atoms with Crippen LogP contribution in [0.5, 0.6) is 0 Å². The van der Waals surface area contributed by atoms with Crippen molar-refractivity contribution >= 4 is 0 Å². The maximum atomic E-state index is 2.70. The number of likely N-dealkylation sites (tertiary alicyclic amines) is 1. The number of piperidine rings is 1. The molecule has 0 amide bonds. The highest BCUT2D eigenvalue weighted by atomic mass is 15.1. The van der Waals surface area contributed by atoms with Crippen LogP contribution in [0.2, 0.25) is 0 Å². The zero-order chi connectivity index (χ0) is 9.97. The fourth-order valence-electron chi connectivity index (χ4n) is 2.74. The molecule has 1 heterocycles. The Morgan fingerprint density at radius 1 is 1.00 bits per heavy atom. The van der Waals surface area contributed by atoms with Crippen LogP contribution >= 0.6 is 0 Å². The van der Waals surface area contributed by atoms with Crippen LogP contribution in [0.1, 0.15) is 46.0 Å². The van der Waals surface area contributed by atoms with Gasteiger partial charge in [-0.3, -0.25) is 0 Å². The van der Waals surface area contributed by atoms with Crippen LogP contribution in [-0.4, -0.2) is 24.5 Å². The third-order valence-corrected chi connectivity index (χ3v) is 3.73. The van der Waals surface area contributed by atoms with E-state index in [9.17, 15) is 0 Å². The normalized spacial score (nSPS) is 25.9. The predicted octanol–water partition coefficient (Wildman–Crippen LogP) is 3.15. The van der Waals surface area contributed by atoms with Gasteiger partial charge in [-0.25, -0.2) is 0 Å². The molecule has 1 aliphatic carbocycles. The van der Waals surface area contributed by atoms with Crippen molar-refractivity contribution in [2.75, 3.05) is 19.6 Å². The molecule has 14 heavy (non-hydrogen) atoms. The van der Waals surface area contributed by atoms with Crippen LogP contribution in [0.25, 0.3) is 0 Å². The molecule has 2 aliphatic rings. The lowest BCUT2D eigenvalue weighted by molar-refractivity contribution is 0.165. The number of rotatable bonds is 4. The Labute approximate surface area is 88.9 Å². The van der Waals surface area contributed by atoms with Crippen LogP contribution in [0.4, 0.5) is 0 Å². The minimum Gasteiger partial charge on any atom is -0.303 e. The first-order valence-electron chi connectivity index (χ1n) is 6.46. The van der Waals surface area contributed by atoms with E-state index in [0.717, 1.165) is 17.8 Å². The molecule has 0 aromatic carbocycles. The van der Waals surface area contributed by atoms with Crippen LogP contribution in [-0.2, 0) is 0 Å². The van der Waals surface area contributed by atoms with Gasteiger partial charge in [0.1, 0.15) is 0 Å². The molecule has 1 nitrogen and oxygen atoms in total. The van der Waals surface area contributed by atoms with E-state index >= 15 is 0 Å². The van der Waals surface area contributed by atoms with Crippen molar-refractivity contribution in [1.82, 2.24) is 4.90 Å². The maximum absolute atomic E-state index is 2.70. The summed E-state index contributed by atoms with van der Waals surface area (Å²) in [5.41, 5.74) is 0. The average molecular weight is 195 g/mol. The first-order chi connectivity index (χ1) is 6.74. The summed E-state index contributed by atoms with van der Waals surface area (Å²) in [6, 6.07) is 0. The maximum Gasteiger partial charge on any atom is 0.000966 e. The summed E-state index contributed by atoms with van der Waals surface area (Å²) in [6.07, 6.45) is 7.39. The van der Waals surface area contributed by atoms with Gasteiger partial charge in [-0.1, -0.05) is 13.8 Å². The molecule has 0 atom stereocenters. The highest BCUT2D eigenvalue weighted by molar-refractivity contribution is 4.80. The predicted molar refractivity (Wildman–Crippen MR) is 61.3 cm³/mol. The third kappa shape index (κ3) is 3.27. The first kappa shape index (κ1) is 10.5. The second-order valence-electron chi connectivity index (χ2n) is 5.82. The zero-order valence-corrected chi connectivity index (χ0v) is 9.84. The van der Waals surface area contributed by atoms with E-state index in [1.54, 1.807) is 0 Å². The largest absolute Gasteiger partial charge is 0.303 e. The van der Waals surface area contributed by atoms with Gasteiger partial charge >= 0.3 is 0 Å². The van der Waals surface area contributed by atoms with Crippen molar-refractivity contribution in [3.63, 3.8) is 0 Å². The highest BCUT2D eigenvalue weighted by Gasteiger charge is 2.26. The fraction of sp³-hybridized carbons (Fsp3) is 1.00. The molecular formula is C13H25N. The Morgan fingerprint density at radius 3 is 2.14 bits per heavy atom. The van der Waals surface area contributed by atoms with Gasteiger partial charge < -0.3 is 4.90 Å². The zero-order valence-electron chi connectivity index (χ0n) is 9.84. The average Bonchev–Trinajstić information content (AvgIpc) is 2.91. The van der Waals surface area contributed by atoms with Crippen molar-refractivity contribution < 1.29 is 0 Å². The van der Waals surface area contributed by atoms with Gasteiger partial charge in [-0.15, -0.1) is 0 Å². The third-order valence-electron chi connectivity index (χ3n) is 3.73. The van der Waals surface area contributed by atoms with Gasteiger partial charge in [-0.05, 0) is 62.9 Å². The second kappa shape index (κ2) is 4.65. The monoisotopic (exact) mass is 195 g/mol. The van der Waals surface area contributed by atoms with Crippen molar-refractivity contribution in [3.05, 3.63) is 0 Å². The van der Waals surface area contributed by atoms with Gasteiger partial charge in [0.05, 0.1) is 0 Å². The van der Waals surface area contributed by atoms with E-state index in [4.69, 9.17) is 0 Å². The summed E-state index contributed by atoms with van der Waals surface area (Å²) < 4.78 is 0. The number of hydrogen-bond acceptors (Lipinski definition) is 1. The molecule has 0 unspecified atom stereocenters. The summed E-state index contributed by atoms with van der Waals surface area (Å²) >= 11 is 0. The summed E-state index contributed by atoms with van der Waals surface area (Å²) in [5.74, 6) is 3.01. The van der Waals surface area contributed by atoms with E-state index < -0.39 is 0 Å². The van der Waals surface area contributed by atoms with Gasteiger partial charge in [0, 0.05) is 6.54 Å². The number of hydrogen-bond donors (Lipinski definition) is 0. The minimum absolute atomic E-state index is 0.898. The van der Waals surface area contributed by atoms with Gasteiger partial charge in [0.2, 0.25) is 0 Å². The molecule has 2 rings (SSSR count). The van der Waals surface area contributed by atoms with Crippen molar-refractivity contribution in [3.8, 4) is 0 Å². The Balaban J connectivity index is 1.63. The summed E-state index contributed by atoms with van der Waals surface area (Å²) in [5, 5.41) is 0. The lowest BCUT2D eigenvalue weighted by Gasteiger charge is -2.32. The molecule has 0 bridgehead atoms. The van der Waals surface area contributed by atoms with E-state index in [-0.39, 0.29) is 0 Å². The Morgan fingerprint density at radius 2 is 1.64 bits per heavy atom. The molecule has 1 saturated carbocycles. The van der Waals surface area contributed by atoms with Crippen LogP contribution in [0, 0.1) is 17.8 Å². The van der Waals surface area contributed by atoms with E-state index in [0.29, 0.717) is 0 Å². The quantitative estimate of drug-likeness (QED) is 0.666. The van der Waals surface area contributed by atoms with Crippen LogP contribution in [0.3, 0.4) is 0 Å². The molecule has 1 saturated heterocycles. The molecule has 2 fully saturated rings.